The number of rotatable bonds is 5. The molecule has 0 saturated carbocycles. The summed E-state index contributed by atoms with van der Waals surface area (Å²) in [4.78, 5) is 34.5. The minimum atomic E-state index is -0.855. The van der Waals surface area contributed by atoms with Crippen molar-refractivity contribution in [3.05, 3.63) is 70.2 Å². The van der Waals surface area contributed by atoms with Gasteiger partial charge in [-0.05, 0) is 38.1 Å². The van der Waals surface area contributed by atoms with Gasteiger partial charge in [-0.15, -0.1) is 11.3 Å². The van der Waals surface area contributed by atoms with Gasteiger partial charge in [0.15, 0.2) is 6.10 Å². The molecule has 1 fully saturated rings. The number of nitrogens with zero attached hydrogens (tertiary/aromatic N) is 3. The number of aryl methyl sites for hydroxylation is 1. The Morgan fingerprint density at radius 1 is 1.03 bits per heavy atom. The number of piperazine rings is 1. The van der Waals surface area contributed by atoms with Crippen LogP contribution in [0.5, 0.6) is 0 Å². The van der Waals surface area contributed by atoms with Crippen molar-refractivity contribution >= 4 is 40.5 Å². The summed E-state index contributed by atoms with van der Waals surface area (Å²) in [7, 11) is 0. The molecule has 0 N–H and O–H groups in total. The Labute approximate surface area is 196 Å². The summed E-state index contributed by atoms with van der Waals surface area (Å²) in [5, 5.41) is 1.35. The van der Waals surface area contributed by atoms with Crippen molar-refractivity contribution in [3.8, 4) is 10.6 Å². The molecule has 2 aromatic carbocycles. The first-order valence-corrected chi connectivity index (χ1v) is 11.6. The molecule has 1 aliphatic heterocycles. The standard InChI is InChI=1S/C24H24ClN3O3S/c1-16-21(32-22(26-16)18-8-10-19(25)11-9-18)24(30)31-17(2)23(29)28-14-12-27(13-15-28)20-6-4-3-5-7-20/h3-11,17H,12-15H2,1-2H3. The maximum absolute atomic E-state index is 12.9. The number of halogens is 1. The number of carbonyl (C=O) groups is 2. The number of hydrogen-bond donors (Lipinski definition) is 0. The Hall–Kier alpha value is -2.90. The molecule has 6 nitrogen and oxygen atoms in total. The fourth-order valence-electron chi connectivity index (χ4n) is 3.65. The quantitative estimate of drug-likeness (QED) is 0.508. The summed E-state index contributed by atoms with van der Waals surface area (Å²) >= 11 is 7.20. The minimum Gasteiger partial charge on any atom is -0.448 e. The van der Waals surface area contributed by atoms with Crippen LogP contribution in [0.2, 0.25) is 5.02 Å². The van der Waals surface area contributed by atoms with Crippen LogP contribution in [0.4, 0.5) is 5.69 Å². The van der Waals surface area contributed by atoms with E-state index in [0.29, 0.717) is 33.7 Å². The molecule has 1 amide bonds. The lowest BCUT2D eigenvalue weighted by molar-refractivity contribution is -0.140. The van der Waals surface area contributed by atoms with Crippen LogP contribution in [0.3, 0.4) is 0 Å². The highest BCUT2D eigenvalue weighted by Gasteiger charge is 2.29. The first-order chi connectivity index (χ1) is 15.4. The van der Waals surface area contributed by atoms with E-state index in [0.717, 1.165) is 24.3 Å². The first kappa shape index (κ1) is 22.3. The average Bonchev–Trinajstić information content (AvgIpc) is 3.21. The summed E-state index contributed by atoms with van der Waals surface area (Å²) in [5.41, 5.74) is 2.61. The van der Waals surface area contributed by atoms with E-state index in [4.69, 9.17) is 16.3 Å². The number of carbonyl (C=O) groups excluding carboxylic acids is 2. The molecule has 1 aliphatic rings. The molecule has 0 bridgehead atoms. The second-order valence-electron chi connectivity index (χ2n) is 7.64. The van der Waals surface area contributed by atoms with Gasteiger partial charge in [0.1, 0.15) is 9.88 Å². The maximum atomic E-state index is 12.9. The van der Waals surface area contributed by atoms with Crippen LogP contribution < -0.4 is 4.90 Å². The molecule has 3 aromatic rings. The molecule has 0 radical (unpaired) electrons. The first-order valence-electron chi connectivity index (χ1n) is 10.5. The van der Waals surface area contributed by atoms with Crippen molar-refractivity contribution in [2.75, 3.05) is 31.1 Å². The van der Waals surface area contributed by atoms with E-state index in [-0.39, 0.29) is 5.91 Å². The molecule has 0 aliphatic carbocycles. The van der Waals surface area contributed by atoms with E-state index in [1.807, 2.05) is 30.3 Å². The fourth-order valence-corrected chi connectivity index (χ4v) is 4.73. The molecule has 2 heterocycles. The van der Waals surface area contributed by atoms with Gasteiger partial charge in [-0.1, -0.05) is 41.9 Å². The average molecular weight is 470 g/mol. The maximum Gasteiger partial charge on any atom is 0.351 e. The van der Waals surface area contributed by atoms with Gasteiger partial charge in [-0.2, -0.15) is 0 Å². The van der Waals surface area contributed by atoms with Gasteiger partial charge in [-0.3, -0.25) is 4.79 Å². The molecule has 0 spiro atoms. The van der Waals surface area contributed by atoms with Gasteiger partial charge in [-0.25, -0.2) is 9.78 Å². The summed E-state index contributed by atoms with van der Waals surface area (Å²) in [6.07, 6.45) is -0.855. The van der Waals surface area contributed by atoms with Gasteiger partial charge < -0.3 is 14.5 Å². The van der Waals surface area contributed by atoms with E-state index >= 15 is 0 Å². The molecule has 1 unspecified atom stereocenters. The number of thiazole rings is 1. The Balaban J connectivity index is 1.35. The molecule has 166 valence electrons. The number of aromatic nitrogens is 1. The smallest absolute Gasteiger partial charge is 0.351 e. The lowest BCUT2D eigenvalue weighted by atomic mass is 10.2. The van der Waals surface area contributed by atoms with Crippen molar-refractivity contribution in [3.63, 3.8) is 0 Å². The normalized spacial score (nSPS) is 14.8. The zero-order valence-corrected chi connectivity index (χ0v) is 19.5. The van der Waals surface area contributed by atoms with Gasteiger partial charge in [0.2, 0.25) is 0 Å². The van der Waals surface area contributed by atoms with Crippen LogP contribution in [0.1, 0.15) is 22.3 Å². The predicted molar refractivity (Wildman–Crippen MR) is 127 cm³/mol. The van der Waals surface area contributed by atoms with Crippen molar-refractivity contribution in [1.82, 2.24) is 9.88 Å². The number of esters is 1. The summed E-state index contributed by atoms with van der Waals surface area (Å²) in [5.74, 6) is -0.699. The number of ether oxygens (including phenoxy) is 1. The van der Waals surface area contributed by atoms with Crippen molar-refractivity contribution < 1.29 is 14.3 Å². The number of hydrogen-bond acceptors (Lipinski definition) is 6. The molecular formula is C24H24ClN3O3S. The molecule has 1 aromatic heterocycles. The molecule has 4 rings (SSSR count). The molecular weight excluding hydrogens is 446 g/mol. The van der Waals surface area contributed by atoms with Gasteiger partial charge in [0.25, 0.3) is 5.91 Å². The zero-order chi connectivity index (χ0) is 22.7. The summed E-state index contributed by atoms with van der Waals surface area (Å²) in [6.45, 7) is 6.07. The Bertz CT molecular complexity index is 1090. The van der Waals surface area contributed by atoms with Crippen molar-refractivity contribution in [1.29, 1.82) is 0 Å². The number of benzene rings is 2. The van der Waals surface area contributed by atoms with E-state index in [1.54, 1.807) is 30.9 Å². The Kier molecular flexibility index (Phi) is 6.77. The van der Waals surface area contributed by atoms with Crippen LogP contribution in [0.25, 0.3) is 10.6 Å². The molecule has 8 heteroatoms. The lowest BCUT2D eigenvalue weighted by Crippen LogP contribution is -2.51. The van der Waals surface area contributed by atoms with E-state index in [9.17, 15) is 9.59 Å². The predicted octanol–water partition coefficient (Wildman–Crippen LogP) is 4.67. The van der Waals surface area contributed by atoms with Crippen LogP contribution in [0.15, 0.2) is 54.6 Å². The number of anilines is 1. The van der Waals surface area contributed by atoms with E-state index in [1.165, 1.54) is 11.3 Å². The zero-order valence-electron chi connectivity index (χ0n) is 18.0. The monoisotopic (exact) mass is 469 g/mol. The highest BCUT2D eigenvalue weighted by atomic mass is 35.5. The van der Waals surface area contributed by atoms with Crippen LogP contribution >= 0.6 is 22.9 Å². The lowest BCUT2D eigenvalue weighted by Gasteiger charge is -2.37. The highest BCUT2D eigenvalue weighted by Crippen LogP contribution is 2.29. The van der Waals surface area contributed by atoms with Gasteiger partial charge in [0.05, 0.1) is 5.69 Å². The number of amides is 1. The third-order valence-electron chi connectivity index (χ3n) is 5.42. The SMILES string of the molecule is Cc1nc(-c2ccc(Cl)cc2)sc1C(=O)OC(C)C(=O)N1CCN(c2ccccc2)CC1. The third-order valence-corrected chi connectivity index (χ3v) is 6.86. The van der Waals surface area contributed by atoms with E-state index < -0.39 is 12.1 Å². The molecule has 1 atom stereocenters. The molecule has 1 saturated heterocycles. The summed E-state index contributed by atoms with van der Waals surface area (Å²) in [6, 6.07) is 17.4. The summed E-state index contributed by atoms with van der Waals surface area (Å²) < 4.78 is 5.52. The van der Waals surface area contributed by atoms with Crippen LogP contribution in [-0.2, 0) is 9.53 Å². The highest BCUT2D eigenvalue weighted by molar-refractivity contribution is 7.17. The van der Waals surface area contributed by atoms with Crippen molar-refractivity contribution in [2.45, 2.75) is 20.0 Å². The van der Waals surface area contributed by atoms with Crippen molar-refractivity contribution in [2.24, 2.45) is 0 Å². The Morgan fingerprint density at radius 3 is 2.34 bits per heavy atom. The topological polar surface area (TPSA) is 62.7 Å². The Morgan fingerprint density at radius 2 is 1.69 bits per heavy atom. The second kappa shape index (κ2) is 9.71. The molecule has 32 heavy (non-hydrogen) atoms. The van der Waals surface area contributed by atoms with Crippen LogP contribution in [0, 0.1) is 6.92 Å². The minimum absolute atomic E-state index is 0.175. The van der Waals surface area contributed by atoms with E-state index in [2.05, 4.69) is 22.0 Å². The van der Waals surface area contributed by atoms with Gasteiger partial charge in [0, 0.05) is 42.5 Å². The fraction of sp³-hybridized carbons (Fsp3) is 0.292. The van der Waals surface area contributed by atoms with Gasteiger partial charge >= 0.3 is 5.97 Å². The largest absolute Gasteiger partial charge is 0.448 e. The third kappa shape index (κ3) is 4.95. The van der Waals surface area contributed by atoms with Crippen LogP contribution in [-0.4, -0.2) is 54.0 Å². The number of para-hydroxylation sites is 1. The second-order valence-corrected chi connectivity index (χ2v) is 9.07.